The minimum absolute atomic E-state index is 0.0963. The Balaban J connectivity index is 2.44. The summed E-state index contributed by atoms with van der Waals surface area (Å²) in [5.74, 6) is 0.0963. The number of hydrogen-bond acceptors (Lipinski definition) is 6. The molecule has 0 aliphatic carbocycles. The van der Waals surface area contributed by atoms with Gasteiger partial charge in [-0.2, -0.15) is 0 Å². The van der Waals surface area contributed by atoms with E-state index in [1.54, 1.807) is 30.2 Å². The van der Waals surface area contributed by atoms with Crippen LogP contribution in [0.25, 0.3) is 0 Å². The van der Waals surface area contributed by atoms with Crippen molar-refractivity contribution in [1.29, 1.82) is 0 Å². The van der Waals surface area contributed by atoms with Crippen LogP contribution in [-0.2, 0) is 6.54 Å². The van der Waals surface area contributed by atoms with Crippen molar-refractivity contribution >= 4 is 34.7 Å². The number of rotatable bonds is 6. The topological polar surface area (TPSA) is 92.4 Å². The summed E-state index contributed by atoms with van der Waals surface area (Å²) >= 11 is 11.6. The van der Waals surface area contributed by atoms with E-state index in [0.29, 0.717) is 5.15 Å². The summed E-state index contributed by atoms with van der Waals surface area (Å²) in [4.78, 5) is 20.4. The van der Waals surface area contributed by atoms with Gasteiger partial charge in [0.2, 0.25) is 5.82 Å². The number of hydrogen-bond donors (Lipinski definition) is 1. The monoisotopic (exact) mass is 356 g/mol. The molecule has 2 rings (SSSR count). The minimum Gasteiger partial charge on any atom is -0.394 e. The smallest absolute Gasteiger partial charge is 0.311 e. The number of nitrogens with zero attached hydrogens (tertiary/aromatic N) is 4. The molecule has 2 aromatic heterocycles. The quantitative estimate of drug-likeness (QED) is 0.485. The summed E-state index contributed by atoms with van der Waals surface area (Å²) in [5.41, 5.74) is 0.586. The zero-order chi connectivity index (χ0) is 17.0. The number of aromatic nitrogens is 2. The first-order valence-electron chi connectivity index (χ1n) is 6.71. The van der Waals surface area contributed by atoms with Gasteiger partial charge in [0.25, 0.3) is 0 Å². The van der Waals surface area contributed by atoms with E-state index in [0.717, 1.165) is 5.56 Å². The lowest BCUT2D eigenvalue weighted by Crippen LogP contribution is -2.36. The van der Waals surface area contributed by atoms with Crippen molar-refractivity contribution < 1.29 is 10.0 Å². The maximum atomic E-state index is 11.2. The Morgan fingerprint density at radius 3 is 2.57 bits per heavy atom. The molecule has 7 nitrogen and oxygen atoms in total. The molecule has 0 fully saturated rings. The van der Waals surface area contributed by atoms with E-state index in [2.05, 4.69) is 9.97 Å². The van der Waals surface area contributed by atoms with Crippen molar-refractivity contribution in [1.82, 2.24) is 9.97 Å². The molecular formula is C14H14Cl2N4O3. The molecule has 1 N–H and O–H groups in total. The van der Waals surface area contributed by atoms with Crippen molar-refractivity contribution in [3.63, 3.8) is 0 Å². The van der Waals surface area contributed by atoms with Crippen LogP contribution in [0.5, 0.6) is 0 Å². The van der Waals surface area contributed by atoms with E-state index in [1.165, 1.54) is 12.1 Å². The third-order valence-electron chi connectivity index (χ3n) is 3.23. The van der Waals surface area contributed by atoms with E-state index in [-0.39, 0.29) is 29.8 Å². The molecule has 0 spiro atoms. The molecule has 9 heteroatoms. The van der Waals surface area contributed by atoms with E-state index < -0.39 is 11.0 Å². The molecule has 122 valence electrons. The van der Waals surface area contributed by atoms with E-state index in [1.807, 2.05) is 0 Å². The number of halogens is 2. The Bertz CT molecular complexity index is 697. The second-order valence-corrected chi connectivity index (χ2v) is 5.66. The van der Waals surface area contributed by atoms with Gasteiger partial charge in [0.15, 0.2) is 0 Å². The molecule has 0 aliphatic heterocycles. The van der Waals surface area contributed by atoms with Gasteiger partial charge in [-0.05, 0) is 24.6 Å². The van der Waals surface area contributed by atoms with Crippen LogP contribution < -0.4 is 4.90 Å². The summed E-state index contributed by atoms with van der Waals surface area (Å²) in [7, 11) is 0. The highest BCUT2D eigenvalue weighted by atomic mass is 35.5. The molecule has 0 amide bonds. The van der Waals surface area contributed by atoms with Crippen LogP contribution in [-0.4, -0.2) is 32.6 Å². The number of pyridine rings is 2. The minimum atomic E-state index is -0.532. The normalized spacial score (nSPS) is 12.0. The lowest BCUT2D eigenvalue weighted by Gasteiger charge is -2.28. The number of aliphatic hydroxyl groups excluding tert-OH is 1. The lowest BCUT2D eigenvalue weighted by atomic mass is 10.2. The van der Waals surface area contributed by atoms with Gasteiger partial charge in [-0.3, -0.25) is 10.1 Å². The van der Waals surface area contributed by atoms with Crippen LogP contribution in [0.2, 0.25) is 10.3 Å². The highest BCUT2D eigenvalue weighted by Crippen LogP contribution is 2.30. The first kappa shape index (κ1) is 17.4. The molecule has 1 unspecified atom stereocenters. The third-order valence-corrected chi connectivity index (χ3v) is 3.66. The molecule has 0 saturated carbocycles. The zero-order valence-electron chi connectivity index (χ0n) is 12.2. The van der Waals surface area contributed by atoms with Gasteiger partial charge in [0, 0.05) is 18.8 Å². The fourth-order valence-corrected chi connectivity index (χ4v) is 2.26. The fourth-order valence-electron chi connectivity index (χ4n) is 2.01. The first-order valence-corrected chi connectivity index (χ1v) is 7.47. The largest absolute Gasteiger partial charge is 0.394 e. The Labute approximate surface area is 142 Å². The average Bonchev–Trinajstić information content (AvgIpc) is 2.53. The van der Waals surface area contributed by atoms with Crippen LogP contribution in [0.4, 0.5) is 11.5 Å². The van der Waals surface area contributed by atoms with Gasteiger partial charge in [-0.25, -0.2) is 9.97 Å². The lowest BCUT2D eigenvalue weighted by molar-refractivity contribution is -0.384. The van der Waals surface area contributed by atoms with Gasteiger partial charge in [0.05, 0.1) is 17.6 Å². The van der Waals surface area contributed by atoms with E-state index in [9.17, 15) is 15.2 Å². The summed E-state index contributed by atoms with van der Waals surface area (Å²) in [6, 6.07) is 5.62. The predicted molar refractivity (Wildman–Crippen MR) is 87.9 cm³/mol. The molecule has 0 bridgehead atoms. The second-order valence-electron chi connectivity index (χ2n) is 4.88. The van der Waals surface area contributed by atoms with Crippen LogP contribution in [0.1, 0.15) is 12.5 Å². The Morgan fingerprint density at radius 2 is 2.00 bits per heavy atom. The molecule has 2 heterocycles. The first-order chi connectivity index (χ1) is 10.9. The van der Waals surface area contributed by atoms with Crippen LogP contribution in [0.15, 0.2) is 30.5 Å². The molecule has 0 aromatic carbocycles. The summed E-state index contributed by atoms with van der Waals surface area (Å²) in [6.07, 6.45) is 1.57. The van der Waals surface area contributed by atoms with Crippen LogP contribution in [0, 0.1) is 10.1 Å². The predicted octanol–water partition coefficient (Wildman–Crippen LogP) is 3.08. The van der Waals surface area contributed by atoms with E-state index in [4.69, 9.17) is 23.2 Å². The maximum absolute atomic E-state index is 11.2. The SMILES string of the molecule is CC(CO)N(Cc1ccc(Cl)nc1)c1nc(Cl)ccc1[N+](=O)[O-]. The van der Waals surface area contributed by atoms with Gasteiger partial charge in [-0.15, -0.1) is 0 Å². The van der Waals surface area contributed by atoms with Crippen LogP contribution in [0.3, 0.4) is 0 Å². The van der Waals surface area contributed by atoms with Gasteiger partial charge >= 0.3 is 5.69 Å². The van der Waals surface area contributed by atoms with E-state index >= 15 is 0 Å². The van der Waals surface area contributed by atoms with Gasteiger partial charge in [-0.1, -0.05) is 29.3 Å². The van der Waals surface area contributed by atoms with Crippen molar-refractivity contribution in [2.24, 2.45) is 0 Å². The number of aliphatic hydroxyl groups is 1. The standard InChI is InChI=1S/C14H14Cl2N4O3/c1-9(8-21)19(7-10-2-4-12(15)17-6-10)14-11(20(22)23)3-5-13(16)18-14/h2-6,9,21H,7-8H2,1H3. The van der Waals surface area contributed by atoms with Crippen molar-refractivity contribution in [3.05, 3.63) is 56.4 Å². The van der Waals surface area contributed by atoms with Crippen molar-refractivity contribution in [3.8, 4) is 0 Å². The maximum Gasteiger partial charge on any atom is 0.311 e. The average molecular weight is 357 g/mol. The van der Waals surface area contributed by atoms with Gasteiger partial charge in [0.1, 0.15) is 10.3 Å². The summed E-state index contributed by atoms with van der Waals surface area (Å²) in [5, 5.41) is 21.2. The summed E-state index contributed by atoms with van der Waals surface area (Å²) in [6.45, 7) is 1.79. The molecule has 0 aliphatic rings. The highest BCUT2D eigenvalue weighted by Gasteiger charge is 2.25. The van der Waals surface area contributed by atoms with Crippen molar-refractivity contribution in [2.45, 2.75) is 19.5 Å². The Hall–Kier alpha value is -1.96. The summed E-state index contributed by atoms with van der Waals surface area (Å²) < 4.78 is 0. The molecule has 0 saturated heterocycles. The number of anilines is 1. The Morgan fingerprint density at radius 1 is 1.30 bits per heavy atom. The second kappa shape index (κ2) is 7.54. The zero-order valence-corrected chi connectivity index (χ0v) is 13.7. The number of nitro groups is 1. The van der Waals surface area contributed by atoms with Gasteiger partial charge < -0.3 is 10.0 Å². The molecular weight excluding hydrogens is 343 g/mol. The van der Waals surface area contributed by atoms with Crippen molar-refractivity contribution in [2.75, 3.05) is 11.5 Å². The van der Waals surface area contributed by atoms with Crippen LogP contribution >= 0.6 is 23.2 Å². The Kier molecular flexibility index (Phi) is 5.70. The molecule has 0 radical (unpaired) electrons. The fraction of sp³-hybridized carbons (Fsp3) is 0.286. The highest BCUT2D eigenvalue weighted by molar-refractivity contribution is 6.29. The molecule has 1 atom stereocenters. The third kappa shape index (κ3) is 4.28. The molecule has 2 aromatic rings. The molecule has 23 heavy (non-hydrogen) atoms.